The van der Waals surface area contributed by atoms with Crippen LogP contribution in [0.2, 0.25) is 0 Å². The summed E-state index contributed by atoms with van der Waals surface area (Å²) in [5.74, 6) is -2.27. The second kappa shape index (κ2) is 18.8. The van der Waals surface area contributed by atoms with E-state index in [4.69, 9.17) is 28.8 Å². The minimum atomic E-state index is -1.74. The number of esters is 1. The number of H-pyrrole nitrogens is 1. The van der Waals surface area contributed by atoms with Gasteiger partial charge in [0.2, 0.25) is 13.1 Å². The van der Waals surface area contributed by atoms with Crippen LogP contribution in [0.1, 0.15) is 95.0 Å². The Morgan fingerprint density at radius 3 is 1.95 bits per heavy atom. The van der Waals surface area contributed by atoms with Crippen LogP contribution in [0.25, 0.3) is 54.3 Å². The average molecular weight is 775 g/mol. The van der Waals surface area contributed by atoms with Crippen LogP contribution in [-0.2, 0) is 16.3 Å². The number of aromatic amines is 1. The van der Waals surface area contributed by atoms with Crippen LogP contribution in [0.4, 0.5) is 0 Å². The van der Waals surface area contributed by atoms with Gasteiger partial charge in [-0.25, -0.2) is 33.1 Å². The van der Waals surface area contributed by atoms with Gasteiger partial charge in [-0.15, -0.1) is 0 Å². The van der Waals surface area contributed by atoms with Gasteiger partial charge < -0.3 is 24.9 Å². The summed E-state index contributed by atoms with van der Waals surface area (Å²) in [6.45, 7) is 19.9. The molecular weight excluding hydrogens is 720 g/mol. The first-order valence-corrected chi connectivity index (χ1v) is 17.7. The van der Waals surface area contributed by atoms with Crippen molar-refractivity contribution in [2.45, 2.75) is 90.8 Å². The van der Waals surface area contributed by atoms with E-state index < -0.39 is 54.8 Å². The zero-order valence-corrected chi connectivity index (χ0v) is 33.7. The molecule has 0 saturated heterocycles. The topological polar surface area (TPSA) is 173 Å². The third-order valence-corrected chi connectivity index (χ3v) is 9.32. The van der Waals surface area contributed by atoms with E-state index in [2.05, 4.69) is 44.8 Å². The van der Waals surface area contributed by atoms with Crippen LogP contribution >= 0.6 is 0 Å². The van der Waals surface area contributed by atoms with Crippen molar-refractivity contribution in [1.29, 1.82) is 0 Å². The fraction of sp³-hybridized carbons (Fsp3) is 0.475. The number of carbonyl (C=O) groups excluding carboxylic acids is 1. The van der Waals surface area contributed by atoms with E-state index in [1.54, 1.807) is 62.5 Å². The van der Waals surface area contributed by atoms with E-state index >= 15 is 0 Å². The summed E-state index contributed by atoms with van der Waals surface area (Å²) in [4.78, 5) is 39.3. The van der Waals surface area contributed by atoms with Crippen molar-refractivity contribution in [2.75, 3.05) is 13.1 Å². The van der Waals surface area contributed by atoms with Gasteiger partial charge in [0, 0.05) is 57.7 Å². The van der Waals surface area contributed by atoms with Crippen molar-refractivity contribution in [2.24, 2.45) is 17.3 Å². The molecule has 2 aliphatic rings. The summed E-state index contributed by atoms with van der Waals surface area (Å²) in [5, 5.41) is 10.3. The molecular formula is C40H47N12NaO3. The molecule has 6 aromatic heterocycles. The maximum absolute atomic E-state index is 12.2. The molecule has 0 amide bonds. The summed E-state index contributed by atoms with van der Waals surface area (Å²) < 4.78 is 76.7. The van der Waals surface area contributed by atoms with Crippen molar-refractivity contribution < 1.29 is 55.5 Å². The van der Waals surface area contributed by atoms with Crippen LogP contribution in [-0.4, -0.2) is 73.6 Å². The average Bonchev–Trinajstić information content (AvgIpc) is 4.07. The summed E-state index contributed by atoms with van der Waals surface area (Å²) in [7, 11) is 0. The van der Waals surface area contributed by atoms with Gasteiger partial charge in [0.05, 0.1) is 29.2 Å². The van der Waals surface area contributed by atoms with Crippen molar-refractivity contribution in [3.05, 3.63) is 84.8 Å². The number of nitrogens with one attached hydrogen (secondary N) is 1. The second-order valence-corrected chi connectivity index (χ2v) is 14.0. The van der Waals surface area contributed by atoms with Crippen molar-refractivity contribution in [3.8, 4) is 22.5 Å². The first-order valence-electron chi connectivity index (χ1n) is 21.7. The van der Waals surface area contributed by atoms with Gasteiger partial charge >= 0.3 is 35.5 Å². The summed E-state index contributed by atoms with van der Waals surface area (Å²) in [5.41, 5.74) is 3.28. The van der Waals surface area contributed by atoms with E-state index in [1.807, 2.05) is 12.1 Å². The van der Waals surface area contributed by atoms with Crippen LogP contribution in [0.15, 0.2) is 62.0 Å². The number of carbonyl (C=O) groups is 1. The summed E-state index contributed by atoms with van der Waals surface area (Å²) in [6.07, 6.45) is 6.62. The van der Waals surface area contributed by atoms with Crippen LogP contribution in [0.3, 0.4) is 0 Å². The van der Waals surface area contributed by atoms with Gasteiger partial charge in [0.25, 0.3) is 0 Å². The smallest absolute Gasteiger partial charge is 0.870 e. The molecule has 286 valence electrons. The van der Waals surface area contributed by atoms with E-state index in [0.29, 0.717) is 33.6 Å². The molecule has 16 heteroatoms. The second-order valence-electron chi connectivity index (χ2n) is 14.0. The molecule has 6 aromatic rings. The maximum atomic E-state index is 12.2. The zero-order chi connectivity index (χ0) is 44.8. The SMILES string of the molecule is [2H]C1([2H])CCC([2H])([2H])C1[C@@H](C[N+]#[C-])n1cc(-c2ncnc3[nH]ccc23)cn1.[2H]C1([2H])CCC([2H])([2H])C1[C@@H](C[N+]#[C-])n1cc(-c2ncnc3c2ccn3COC(=O)C(C)(C)C)cn1.[Na+].[OH-]. The number of fused-ring (bicyclic) bond motifs is 2. The van der Waals surface area contributed by atoms with Gasteiger partial charge in [-0.05, 0) is 70.2 Å². The molecule has 2 saturated carbocycles. The van der Waals surface area contributed by atoms with Crippen LogP contribution in [0.5, 0.6) is 0 Å². The Morgan fingerprint density at radius 2 is 1.41 bits per heavy atom. The largest absolute Gasteiger partial charge is 1.00 e. The van der Waals surface area contributed by atoms with Gasteiger partial charge in [0.1, 0.15) is 36.0 Å². The summed E-state index contributed by atoms with van der Waals surface area (Å²) >= 11 is 0. The zero-order valence-electron chi connectivity index (χ0n) is 39.7. The quantitative estimate of drug-likeness (QED) is 0.117. The molecule has 0 bridgehead atoms. The molecule has 2 N–H and O–H groups in total. The Hall–Kier alpha value is -4.93. The van der Waals surface area contributed by atoms with E-state index in [0.717, 1.165) is 10.9 Å². The molecule has 8 rings (SSSR count). The first kappa shape index (κ1) is 32.2. The van der Waals surface area contributed by atoms with E-state index in [9.17, 15) is 4.79 Å². The molecule has 0 unspecified atom stereocenters. The predicted molar refractivity (Wildman–Crippen MR) is 206 cm³/mol. The Labute approximate surface area is 359 Å². The molecule has 56 heavy (non-hydrogen) atoms. The molecule has 2 atom stereocenters. The molecule has 2 aliphatic carbocycles. The molecule has 0 aromatic carbocycles. The fourth-order valence-corrected chi connectivity index (χ4v) is 6.54. The van der Waals surface area contributed by atoms with Gasteiger partial charge in [-0.3, -0.25) is 18.7 Å². The Bertz CT molecular complexity index is 2650. The van der Waals surface area contributed by atoms with Gasteiger partial charge in [-0.1, -0.05) is 25.7 Å². The van der Waals surface area contributed by atoms with Crippen molar-refractivity contribution >= 4 is 28.0 Å². The predicted octanol–water partition coefficient (Wildman–Crippen LogP) is 4.79. The first-order chi connectivity index (χ1) is 29.2. The van der Waals surface area contributed by atoms with Crippen LogP contribution in [0, 0.1) is 30.4 Å². The van der Waals surface area contributed by atoms with Crippen molar-refractivity contribution in [3.63, 3.8) is 0 Å². The van der Waals surface area contributed by atoms with Gasteiger partial charge in [0.15, 0.2) is 6.73 Å². The number of hydrogen-bond acceptors (Lipinski definition) is 9. The molecule has 15 nitrogen and oxygen atoms in total. The Morgan fingerprint density at radius 1 is 0.875 bits per heavy atom. The van der Waals surface area contributed by atoms with Crippen molar-refractivity contribution in [1.82, 2.24) is 49.0 Å². The maximum Gasteiger partial charge on any atom is 1.00 e. The standard InChI is InChI=1S/C23H28N6O2.C17H18N6.Na.H2O/c1-23(2,3)22(30)31-15-28-10-9-18-20(25-14-26-21(18)28)17-11-27-29(13-17)19(12-24-4)16-7-5-6-8-16;1-18-9-15(12-4-2-3-5-12)23-10-13(8-22-23)16-14-6-7-19-17(14)21-11-20-16;;/h9-11,13-14,16,19H,5-8,12,15H2,1-3H3;6-8,10-12,15H,2-5,9H2,(H,19,20,21);;1H2/q;;+1;/p-1/t19-;15-;;/m11../s1/i7D2,8D2;4D2,5D2;;. The third kappa shape index (κ3) is 9.19. The fourth-order valence-electron chi connectivity index (χ4n) is 6.54. The van der Waals surface area contributed by atoms with Crippen LogP contribution < -0.4 is 29.6 Å². The Kier molecular flexibility index (Phi) is 10.8. The number of ether oxygens (including phenoxy) is 1. The monoisotopic (exact) mass is 774 g/mol. The normalized spacial score (nSPS) is 21.3. The molecule has 6 heterocycles. The Balaban J connectivity index is 0.000000240. The van der Waals surface area contributed by atoms with E-state index in [-0.39, 0.29) is 86.5 Å². The number of hydrogen-bond donors (Lipinski definition) is 1. The number of rotatable bonds is 10. The minimum Gasteiger partial charge on any atom is -0.870 e. The minimum absolute atomic E-state index is 0. The number of aromatic nitrogens is 10. The van der Waals surface area contributed by atoms with Gasteiger partial charge in [-0.2, -0.15) is 10.2 Å². The van der Waals surface area contributed by atoms with E-state index in [1.165, 1.54) is 22.0 Å². The number of nitrogens with zero attached hydrogens (tertiary/aromatic N) is 11. The molecule has 0 radical (unpaired) electrons. The molecule has 0 aliphatic heterocycles. The third-order valence-electron chi connectivity index (χ3n) is 9.32. The molecule has 0 spiro atoms. The summed E-state index contributed by atoms with van der Waals surface area (Å²) in [6, 6.07) is 2.24. The molecule has 2 fully saturated rings.